The summed E-state index contributed by atoms with van der Waals surface area (Å²) < 4.78 is 113. The van der Waals surface area contributed by atoms with Gasteiger partial charge in [-0.25, -0.2) is 0 Å². The van der Waals surface area contributed by atoms with Crippen LogP contribution in [0.5, 0.6) is 0 Å². The van der Waals surface area contributed by atoms with Crippen molar-refractivity contribution in [2.45, 2.75) is 23.9 Å². The minimum Gasteiger partial charge on any atom is -0.319 e. The number of carbonyl (C=O) groups is 1. The number of amides is 1. The van der Waals surface area contributed by atoms with Gasteiger partial charge in [0.25, 0.3) is 0 Å². The van der Waals surface area contributed by atoms with Crippen molar-refractivity contribution in [2.24, 2.45) is 0 Å². The lowest BCUT2D eigenvalue weighted by Gasteiger charge is -2.32. The zero-order valence-electron chi connectivity index (χ0n) is 10.1. The zero-order chi connectivity index (χ0) is 17.4. The Morgan fingerprint density at radius 2 is 1.50 bits per heavy atom. The van der Waals surface area contributed by atoms with Crippen LogP contribution >= 0.6 is 0 Å². The molecule has 0 spiro atoms. The first-order chi connectivity index (χ1) is 9.75. The van der Waals surface area contributed by atoms with Gasteiger partial charge in [-0.1, -0.05) is 0 Å². The molecule has 3 nitrogen and oxygen atoms in total. The van der Waals surface area contributed by atoms with E-state index in [0.29, 0.717) is 6.20 Å². The molecule has 0 fully saturated rings. The summed E-state index contributed by atoms with van der Waals surface area (Å²) in [5.74, 6) is -23.5. The fourth-order valence-corrected chi connectivity index (χ4v) is 1.16. The minimum absolute atomic E-state index is 0.599. The van der Waals surface area contributed by atoms with Crippen molar-refractivity contribution in [1.82, 2.24) is 4.98 Å². The van der Waals surface area contributed by atoms with E-state index in [-0.39, 0.29) is 0 Å². The number of pyridine rings is 1. The number of rotatable bonds is 4. The van der Waals surface area contributed by atoms with Crippen LogP contribution < -0.4 is 5.32 Å². The number of hydrogen-bond donors (Lipinski definition) is 1. The number of nitrogens with zero attached hydrogens (tertiary/aromatic N) is 1. The van der Waals surface area contributed by atoms with Crippen LogP contribution in [0, 0.1) is 0 Å². The molecule has 1 heterocycles. The van der Waals surface area contributed by atoms with E-state index < -0.39 is 35.5 Å². The molecule has 0 radical (unpaired) electrons. The maximum absolute atomic E-state index is 13.1. The predicted molar refractivity (Wildman–Crippen MR) is 53.8 cm³/mol. The number of carbonyl (C=O) groups excluding carboxylic acids is 1. The Hall–Kier alpha value is -2.01. The van der Waals surface area contributed by atoms with Gasteiger partial charge in [-0.3, -0.25) is 9.78 Å². The van der Waals surface area contributed by atoms with Gasteiger partial charge in [-0.05, 0) is 12.1 Å². The maximum Gasteiger partial charge on any atom is 0.460 e. The molecule has 1 aromatic heterocycles. The van der Waals surface area contributed by atoms with E-state index in [1.807, 2.05) is 0 Å². The summed E-state index contributed by atoms with van der Waals surface area (Å²) >= 11 is 0. The Balaban J connectivity index is 3.13. The molecule has 1 amide bonds. The van der Waals surface area contributed by atoms with Crippen LogP contribution in [0.25, 0.3) is 0 Å². The van der Waals surface area contributed by atoms with Gasteiger partial charge in [0.05, 0.1) is 11.9 Å². The van der Waals surface area contributed by atoms with Gasteiger partial charge in [-0.2, -0.15) is 39.5 Å². The topological polar surface area (TPSA) is 42.0 Å². The molecule has 124 valence electrons. The lowest BCUT2D eigenvalue weighted by molar-refractivity contribution is -0.388. The summed E-state index contributed by atoms with van der Waals surface area (Å²) in [5.41, 5.74) is -0.599. The zero-order valence-corrected chi connectivity index (χ0v) is 10.1. The van der Waals surface area contributed by atoms with Gasteiger partial charge in [-0.15, -0.1) is 0 Å². The van der Waals surface area contributed by atoms with Gasteiger partial charge < -0.3 is 5.32 Å². The highest BCUT2D eigenvalue weighted by molar-refractivity contribution is 5.96. The highest BCUT2D eigenvalue weighted by atomic mass is 19.4. The molecule has 0 saturated carbocycles. The second-order valence-electron chi connectivity index (χ2n) is 3.92. The first-order valence-electron chi connectivity index (χ1n) is 5.17. The normalized spacial score (nSPS) is 13.9. The van der Waals surface area contributed by atoms with Crippen molar-refractivity contribution in [2.75, 3.05) is 5.32 Å². The van der Waals surface area contributed by atoms with Crippen molar-refractivity contribution in [1.29, 1.82) is 0 Å². The van der Waals surface area contributed by atoms with Gasteiger partial charge >= 0.3 is 29.9 Å². The van der Waals surface area contributed by atoms with Crippen LogP contribution in [0.4, 0.5) is 45.2 Å². The number of halogens is 9. The van der Waals surface area contributed by atoms with E-state index in [1.54, 1.807) is 0 Å². The molecular weight excluding hydrogens is 335 g/mol. The first-order valence-corrected chi connectivity index (χ1v) is 5.17. The van der Waals surface area contributed by atoms with Gasteiger partial charge in [0.2, 0.25) is 0 Å². The van der Waals surface area contributed by atoms with Gasteiger partial charge in [0.1, 0.15) is 0 Å². The van der Waals surface area contributed by atoms with Crippen LogP contribution in [0.3, 0.4) is 0 Å². The molecule has 12 heteroatoms. The molecule has 0 aliphatic heterocycles. The van der Waals surface area contributed by atoms with E-state index in [1.165, 1.54) is 0 Å². The molecule has 0 bridgehead atoms. The summed E-state index contributed by atoms with van der Waals surface area (Å²) in [5, 5.41) is 1.08. The van der Waals surface area contributed by atoms with Gasteiger partial charge in [0, 0.05) is 6.20 Å². The fraction of sp³-hybridized carbons (Fsp3) is 0.400. The number of aromatic nitrogens is 1. The lowest BCUT2D eigenvalue weighted by atomic mass is 10.0. The van der Waals surface area contributed by atoms with Gasteiger partial charge in [0.15, 0.2) is 0 Å². The van der Waals surface area contributed by atoms with Crippen molar-refractivity contribution in [3.8, 4) is 0 Å². The monoisotopic (exact) mass is 340 g/mol. The number of hydrogen-bond acceptors (Lipinski definition) is 2. The Morgan fingerprint density at radius 3 is 1.91 bits per heavy atom. The highest BCUT2D eigenvalue weighted by Gasteiger charge is 2.83. The van der Waals surface area contributed by atoms with Crippen LogP contribution in [-0.4, -0.2) is 34.8 Å². The Labute approximate surface area is 116 Å². The molecule has 1 aromatic rings. The Bertz CT molecular complexity index is 541. The summed E-state index contributed by atoms with van der Waals surface area (Å²) in [6, 6.07) is 1.94. The molecule has 0 aromatic carbocycles. The number of anilines is 1. The van der Waals surface area contributed by atoms with Crippen molar-refractivity contribution >= 4 is 11.6 Å². The molecule has 0 aliphatic carbocycles. The number of nitrogens with one attached hydrogen (secondary N) is 1. The van der Waals surface area contributed by atoms with Crippen LogP contribution in [-0.2, 0) is 4.79 Å². The van der Waals surface area contributed by atoms with E-state index >= 15 is 0 Å². The fourth-order valence-electron chi connectivity index (χ4n) is 1.16. The summed E-state index contributed by atoms with van der Waals surface area (Å²) in [6.07, 6.45) is -5.19. The quantitative estimate of drug-likeness (QED) is 0.853. The van der Waals surface area contributed by atoms with E-state index in [0.717, 1.165) is 23.6 Å². The Kier molecular flexibility index (Phi) is 4.36. The smallest absolute Gasteiger partial charge is 0.319 e. The van der Waals surface area contributed by atoms with E-state index in [9.17, 15) is 44.3 Å². The molecule has 0 aliphatic rings. The van der Waals surface area contributed by atoms with E-state index in [4.69, 9.17) is 0 Å². The molecule has 0 atom stereocenters. The third kappa shape index (κ3) is 2.81. The third-order valence-electron chi connectivity index (χ3n) is 2.35. The molecule has 0 unspecified atom stereocenters. The molecular formula is C10H5F9N2O. The molecule has 1 N–H and O–H groups in total. The number of alkyl halides is 9. The molecule has 0 saturated heterocycles. The lowest BCUT2D eigenvalue weighted by Crippen LogP contribution is -2.64. The SMILES string of the molecule is O=C(Nc1cccnc1)C(F)(F)C(F)(F)C(F)(F)C(F)(F)F. The minimum atomic E-state index is -7.12. The van der Waals surface area contributed by atoms with Crippen molar-refractivity contribution in [3.63, 3.8) is 0 Å². The predicted octanol–water partition coefficient (Wildman–Crippen LogP) is 3.49. The van der Waals surface area contributed by atoms with Crippen LogP contribution in [0.1, 0.15) is 0 Å². The second-order valence-corrected chi connectivity index (χ2v) is 3.92. The van der Waals surface area contributed by atoms with E-state index in [2.05, 4.69) is 4.98 Å². The average Bonchev–Trinajstić information content (AvgIpc) is 2.38. The summed E-state index contributed by atoms with van der Waals surface area (Å²) in [7, 11) is 0. The van der Waals surface area contributed by atoms with Crippen molar-refractivity contribution < 1.29 is 44.3 Å². The van der Waals surface area contributed by atoms with Crippen LogP contribution in [0.15, 0.2) is 24.5 Å². The Morgan fingerprint density at radius 1 is 0.955 bits per heavy atom. The summed E-state index contributed by atoms with van der Waals surface area (Å²) in [6.45, 7) is 0. The maximum atomic E-state index is 13.1. The van der Waals surface area contributed by atoms with Crippen molar-refractivity contribution in [3.05, 3.63) is 24.5 Å². The average molecular weight is 340 g/mol. The standard InChI is InChI=1S/C10H5F9N2O/c11-7(12,6(22)21-5-2-1-3-20-4-5)8(13,14)9(15,16)10(17,18)19/h1-4H,(H,21,22). The molecule has 22 heavy (non-hydrogen) atoms. The second kappa shape index (κ2) is 5.32. The highest BCUT2D eigenvalue weighted by Crippen LogP contribution is 2.53. The largest absolute Gasteiger partial charge is 0.460 e. The third-order valence-corrected chi connectivity index (χ3v) is 2.35. The van der Waals surface area contributed by atoms with Crippen LogP contribution in [0.2, 0.25) is 0 Å². The first kappa shape index (κ1) is 18.0. The molecule has 1 rings (SSSR count). The summed E-state index contributed by atoms with van der Waals surface area (Å²) in [4.78, 5) is 14.3.